The van der Waals surface area contributed by atoms with Gasteiger partial charge < -0.3 is 19.5 Å². The van der Waals surface area contributed by atoms with Gasteiger partial charge in [-0.2, -0.15) is 0 Å². The molecule has 0 spiro atoms. The number of likely N-dealkylation sites (tertiary alicyclic amines) is 1. The molecule has 0 saturated carbocycles. The fourth-order valence-electron chi connectivity index (χ4n) is 4.30. The smallest absolute Gasteiger partial charge is 0.295 e. The molecule has 0 radical (unpaired) electrons. The largest absolute Gasteiger partial charge is 0.507 e. The number of carbonyl (C=O) groups is 2. The quantitative estimate of drug-likeness (QED) is 0.316. The van der Waals surface area contributed by atoms with Gasteiger partial charge >= 0.3 is 0 Å². The molecule has 170 valence electrons. The van der Waals surface area contributed by atoms with Crippen molar-refractivity contribution in [1.29, 1.82) is 0 Å². The van der Waals surface area contributed by atoms with Crippen molar-refractivity contribution in [1.82, 2.24) is 4.90 Å². The normalized spacial score (nSPS) is 17.5. The van der Waals surface area contributed by atoms with Crippen molar-refractivity contribution in [2.75, 3.05) is 14.2 Å². The minimum atomic E-state index is -0.713. The molecule has 7 heteroatoms. The summed E-state index contributed by atoms with van der Waals surface area (Å²) in [4.78, 5) is 28.7. The molecule has 33 heavy (non-hydrogen) atoms. The molecule has 1 amide bonds. The van der Waals surface area contributed by atoms with Crippen LogP contribution in [0.2, 0.25) is 0 Å². The number of methoxy groups -OCH3 is 2. The standard InChI is InChI=1S/C26H25NO5S/c1-15-11-16(2)25(32-4)19(12-15)23(28)21-22(20-9-6-10-33-20)27(26(30)24(21)29)14-17-7-5-8-18(13-17)31-3/h5-13,22,28H,14H2,1-4H3/b23-21-. The molecular weight excluding hydrogens is 438 g/mol. The molecular formula is C26H25NO5S. The molecule has 1 unspecified atom stereocenters. The van der Waals surface area contributed by atoms with E-state index >= 15 is 0 Å². The molecule has 1 atom stereocenters. The first-order valence-corrected chi connectivity index (χ1v) is 11.3. The van der Waals surface area contributed by atoms with Crippen LogP contribution in [0, 0.1) is 13.8 Å². The van der Waals surface area contributed by atoms with E-state index in [-0.39, 0.29) is 17.9 Å². The molecule has 1 aliphatic rings. The van der Waals surface area contributed by atoms with E-state index in [2.05, 4.69) is 0 Å². The average Bonchev–Trinajstić information content (AvgIpc) is 3.41. The van der Waals surface area contributed by atoms with Crippen LogP contribution in [-0.2, 0) is 16.1 Å². The minimum absolute atomic E-state index is 0.0636. The van der Waals surface area contributed by atoms with Gasteiger partial charge in [0.1, 0.15) is 17.3 Å². The van der Waals surface area contributed by atoms with Gasteiger partial charge in [0.05, 0.1) is 31.4 Å². The van der Waals surface area contributed by atoms with E-state index in [0.29, 0.717) is 17.1 Å². The number of nitrogens with zero attached hydrogens (tertiary/aromatic N) is 1. The molecule has 1 N–H and O–H groups in total. The van der Waals surface area contributed by atoms with E-state index in [4.69, 9.17) is 9.47 Å². The Morgan fingerprint density at radius 3 is 2.52 bits per heavy atom. The minimum Gasteiger partial charge on any atom is -0.507 e. The number of aliphatic hydroxyl groups excluding tert-OH is 1. The third kappa shape index (κ3) is 4.12. The summed E-state index contributed by atoms with van der Waals surface area (Å²) in [7, 11) is 3.10. The molecule has 1 aliphatic heterocycles. The first-order valence-electron chi connectivity index (χ1n) is 10.5. The number of ether oxygens (including phenoxy) is 2. The predicted octanol–water partition coefficient (Wildman–Crippen LogP) is 5.00. The number of hydrogen-bond donors (Lipinski definition) is 1. The lowest BCUT2D eigenvalue weighted by Crippen LogP contribution is -2.28. The van der Waals surface area contributed by atoms with Gasteiger partial charge in [-0.3, -0.25) is 9.59 Å². The van der Waals surface area contributed by atoms with Crippen LogP contribution in [0.4, 0.5) is 0 Å². The molecule has 2 aromatic carbocycles. The van der Waals surface area contributed by atoms with Crippen molar-refractivity contribution in [2.24, 2.45) is 0 Å². The van der Waals surface area contributed by atoms with Crippen molar-refractivity contribution in [3.8, 4) is 11.5 Å². The number of Topliss-reactive ketones (excluding diaryl/α,β-unsaturated/α-hetero) is 1. The highest BCUT2D eigenvalue weighted by Crippen LogP contribution is 2.43. The zero-order valence-corrected chi connectivity index (χ0v) is 19.7. The molecule has 0 bridgehead atoms. The summed E-state index contributed by atoms with van der Waals surface area (Å²) in [5.41, 5.74) is 3.02. The van der Waals surface area contributed by atoms with Crippen LogP contribution in [0.25, 0.3) is 5.76 Å². The number of hydrogen-bond acceptors (Lipinski definition) is 6. The van der Waals surface area contributed by atoms with E-state index < -0.39 is 17.7 Å². The molecule has 1 saturated heterocycles. The van der Waals surface area contributed by atoms with E-state index in [0.717, 1.165) is 21.6 Å². The molecule has 1 aromatic heterocycles. The number of aliphatic hydroxyl groups is 1. The fraction of sp³-hybridized carbons (Fsp3) is 0.231. The predicted molar refractivity (Wildman–Crippen MR) is 128 cm³/mol. The van der Waals surface area contributed by atoms with Gasteiger partial charge in [-0.15, -0.1) is 11.3 Å². The third-order valence-electron chi connectivity index (χ3n) is 5.72. The lowest BCUT2D eigenvalue weighted by molar-refractivity contribution is -0.140. The van der Waals surface area contributed by atoms with Gasteiger partial charge in [0.25, 0.3) is 11.7 Å². The Bertz CT molecular complexity index is 1250. The number of aryl methyl sites for hydroxylation is 2. The second-order valence-corrected chi connectivity index (χ2v) is 8.94. The Labute approximate surface area is 196 Å². The van der Waals surface area contributed by atoms with E-state index in [1.807, 2.05) is 61.7 Å². The van der Waals surface area contributed by atoms with Crippen molar-refractivity contribution < 1.29 is 24.2 Å². The maximum atomic E-state index is 13.2. The lowest BCUT2D eigenvalue weighted by Gasteiger charge is -2.24. The van der Waals surface area contributed by atoms with E-state index in [1.54, 1.807) is 13.2 Å². The topological polar surface area (TPSA) is 76.1 Å². The zero-order chi connectivity index (χ0) is 23.7. The van der Waals surface area contributed by atoms with Crippen molar-refractivity contribution in [3.63, 3.8) is 0 Å². The lowest BCUT2D eigenvalue weighted by atomic mass is 9.96. The number of ketones is 1. The van der Waals surface area contributed by atoms with Crippen molar-refractivity contribution >= 4 is 28.8 Å². The second-order valence-electron chi connectivity index (χ2n) is 7.96. The van der Waals surface area contributed by atoms with Crippen LogP contribution >= 0.6 is 11.3 Å². The number of benzene rings is 2. The van der Waals surface area contributed by atoms with E-state index in [1.165, 1.54) is 23.3 Å². The van der Waals surface area contributed by atoms with Crippen LogP contribution in [-0.4, -0.2) is 35.9 Å². The van der Waals surface area contributed by atoms with Crippen molar-refractivity contribution in [2.45, 2.75) is 26.4 Å². The summed E-state index contributed by atoms with van der Waals surface area (Å²) < 4.78 is 10.8. The highest BCUT2D eigenvalue weighted by atomic mass is 32.1. The Kier molecular flexibility index (Phi) is 6.24. The van der Waals surface area contributed by atoms with Crippen LogP contribution in [0.5, 0.6) is 11.5 Å². The Balaban J connectivity index is 1.88. The number of carbonyl (C=O) groups excluding carboxylic acids is 2. The number of amides is 1. The Hall–Kier alpha value is -3.58. The Morgan fingerprint density at radius 1 is 1.06 bits per heavy atom. The summed E-state index contributed by atoms with van der Waals surface area (Å²) in [6.45, 7) is 3.98. The van der Waals surface area contributed by atoms with Gasteiger partial charge in [-0.1, -0.05) is 24.3 Å². The van der Waals surface area contributed by atoms with Gasteiger partial charge in [-0.25, -0.2) is 0 Å². The van der Waals surface area contributed by atoms with Crippen LogP contribution in [0.1, 0.15) is 33.2 Å². The second kappa shape index (κ2) is 9.11. The first kappa shape index (κ1) is 22.6. The van der Waals surface area contributed by atoms with Gasteiger partial charge in [0.2, 0.25) is 0 Å². The van der Waals surface area contributed by atoms with Gasteiger partial charge in [0, 0.05) is 11.4 Å². The monoisotopic (exact) mass is 463 g/mol. The third-order valence-corrected chi connectivity index (χ3v) is 6.64. The molecule has 6 nitrogen and oxygen atoms in total. The van der Waals surface area contributed by atoms with Gasteiger partial charge in [0.15, 0.2) is 0 Å². The molecule has 4 rings (SSSR count). The maximum Gasteiger partial charge on any atom is 0.295 e. The molecule has 0 aliphatic carbocycles. The molecule has 3 aromatic rings. The Morgan fingerprint density at radius 2 is 1.85 bits per heavy atom. The van der Waals surface area contributed by atoms with Crippen LogP contribution in [0.3, 0.4) is 0 Å². The highest BCUT2D eigenvalue weighted by molar-refractivity contribution is 7.10. The highest BCUT2D eigenvalue weighted by Gasteiger charge is 2.46. The maximum absolute atomic E-state index is 13.2. The summed E-state index contributed by atoms with van der Waals surface area (Å²) >= 11 is 1.43. The van der Waals surface area contributed by atoms with Crippen LogP contribution < -0.4 is 9.47 Å². The summed E-state index contributed by atoms with van der Waals surface area (Å²) in [6, 6.07) is 14.1. The summed E-state index contributed by atoms with van der Waals surface area (Å²) in [5.74, 6) is -0.460. The van der Waals surface area contributed by atoms with E-state index in [9.17, 15) is 14.7 Å². The SMILES string of the molecule is COc1cccc(CN2C(=O)C(=O)/C(=C(\O)c3cc(C)cc(C)c3OC)C2c2cccs2)c1. The average molecular weight is 464 g/mol. The zero-order valence-electron chi connectivity index (χ0n) is 18.9. The van der Waals surface area contributed by atoms with Crippen LogP contribution in [0.15, 0.2) is 59.5 Å². The first-order chi connectivity index (χ1) is 15.8. The summed E-state index contributed by atoms with van der Waals surface area (Å²) in [6.07, 6.45) is 0. The van der Waals surface area contributed by atoms with Crippen molar-refractivity contribution in [3.05, 3.63) is 86.6 Å². The fourth-order valence-corrected chi connectivity index (χ4v) is 5.14. The summed E-state index contributed by atoms with van der Waals surface area (Å²) in [5, 5.41) is 13.3. The number of thiophene rings is 1. The van der Waals surface area contributed by atoms with Gasteiger partial charge in [-0.05, 0) is 60.2 Å². The number of rotatable bonds is 6. The molecule has 2 heterocycles. The molecule has 1 fully saturated rings.